The average molecular weight is 1230 g/mol. The van der Waals surface area contributed by atoms with Crippen LogP contribution in [0, 0.1) is 18.6 Å². The first kappa shape index (κ1) is 62.4. The van der Waals surface area contributed by atoms with Crippen LogP contribution in [-0.4, -0.2) is 161 Å². The van der Waals surface area contributed by atoms with Crippen LogP contribution in [0.5, 0.6) is 6.01 Å². The molecule has 7 saturated heterocycles. The summed E-state index contributed by atoms with van der Waals surface area (Å²) in [7, 11) is 3.01. The normalized spacial score (nSPS) is 22.3. The first-order chi connectivity index (χ1) is 42.3. The van der Waals surface area contributed by atoms with E-state index in [4.69, 9.17) is 52.7 Å². The van der Waals surface area contributed by atoms with E-state index in [-0.39, 0.29) is 35.1 Å². The van der Waals surface area contributed by atoms with Crippen LogP contribution in [0.4, 0.5) is 19.0 Å². The number of halogens is 5. The minimum Gasteiger partial charge on any atom is -0.474 e. The SMILES string of the molecule is CC.CC/C=C(/N=C(\c1cnc(-c2cccc3cccc(Cl)c23)c(F)c1C)N1CC2CCC(C1)N2)OCC1(F)CCN(C)CC1.CO.Fc1c(-c2cccc3cccc(Cl)c23)ncc2c(N3CC4CCC(C3)N4)nc(OCC34CCCN3CCC4)nc12. The van der Waals surface area contributed by atoms with Crippen molar-refractivity contribution in [2.24, 2.45) is 4.99 Å². The van der Waals surface area contributed by atoms with Crippen LogP contribution in [-0.2, 0) is 4.74 Å². The Morgan fingerprint density at radius 1 is 0.724 bits per heavy atom. The van der Waals surface area contributed by atoms with Crippen LogP contribution < -0.4 is 20.3 Å². The quantitative estimate of drug-likeness (QED) is 0.0608. The molecule has 462 valence electrons. The predicted molar refractivity (Wildman–Crippen MR) is 345 cm³/mol. The Hall–Kier alpha value is -6.18. The van der Waals surface area contributed by atoms with Crippen molar-refractivity contribution in [3.8, 4) is 28.5 Å². The first-order valence-corrected chi connectivity index (χ1v) is 32.1. The van der Waals surface area contributed by atoms with E-state index < -0.39 is 17.3 Å². The summed E-state index contributed by atoms with van der Waals surface area (Å²) in [6, 6.07) is 24.6. The molecule has 10 heterocycles. The predicted octanol–water partition coefficient (Wildman–Crippen LogP) is 13.1. The number of rotatable bonds is 12. The maximum Gasteiger partial charge on any atom is 0.319 e. The number of alkyl halides is 1. The Kier molecular flexibility index (Phi) is 19.6. The molecule has 0 saturated carbocycles. The van der Waals surface area contributed by atoms with E-state index in [1.807, 2.05) is 107 Å². The van der Waals surface area contributed by atoms with E-state index in [9.17, 15) is 0 Å². The van der Waals surface area contributed by atoms with Gasteiger partial charge in [0.25, 0.3) is 0 Å². The fourth-order valence-electron chi connectivity index (χ4n) is 14.2. The van der Waals surface area contributed by atoms with Gasteiger partial charge in [-0.1, -0.05) is 105 Å². The van der Waals surface area contributed by atoms with Crippen molar-refractivity contribution in [3.05, 3.63) is 130 Å². The van der Waals surface area contributed by atoms with Crippen molar-refractivity contribution in [2.45, 2.75) is 134 Å². The summed E-state index contributed by atoms with van der Waals surface area (Å²) >= 11 is 13.2. The molecule has 14 nitrogen and oxygen atoms in total. The molecule has 4 aromatic carbocycles. The fourth-order valence-corrected chi connectivity index (χ4v) is 14.7. The first-order valence-electron chi connectivity index (χ1n) is 31.3. The second-order valence-corrected chi connectivity index (χ2v) is 25.0. The van der Waals surface area contributed by atoms with Gasteiger partial charge in [0.1, 0.15) is 47.4 Å². The molecule has 19 heteroatoms. The van der Waals surface area contributed by atoms with E-state index in [1.54, 1.807) is 19.3 Å². The number of pyridine rings is 2. The van der Waals surface area contributed by atoms with E-state index >= 15 is 13.2 Å². The van der Waals surface area contributed by atoms with Gasteiger partial charge in [-0.2, -0.15) is 15.0 Å². The number of allylic oxidation sites excluding steroid dienone is 1. The van der Waals surface area contributed by atoms with Gasteiger partial charge in [-0.15, -0.1) is 0 Å². The number of piperidine rings is 1. The summed E-state index contributed by atoms with van der Waals surface area (Å²) in [5.74, 6) is 0.800. The standard InChI is InChI=1S/C34H40ClF2N5O.C31H32ClFN6O.C2H6.CH4O/c1-4-7-29(43-21-34(37)14-16-41(3)17-15-34)40-33(42-19-24-12-13-25(20-42)39-24)27-18-38-32(31(36)22(27)2)26-10-5-8-23-9-6-11-28(35)30(23)26;32-24-8-2-6-19-5-1-7-22(25(19)24)27-26(33)28-23(15-34-27)29(38-16-20-9-10-21(17-38)35-20)37-30(36-28)40-18-31-11-3-13-39(31)14-4-12-31;2*1-2/h5-11,18,24-25,39H,4,12-17,19-21H2,1-3H3;1-2,5-8,15,20-21,35H,3-4,9-14,16-18H2;1-2H3;2H,1H3/b29-7-,40-33+;;;. The Labute approximate surface area is 519 Å². The van der Waals surface area contributed by atoms with Crippen molar-refractivity contribution < 1.29 is 27.8 Å². The zero-order chi connectivity index (χ0) is 61.0. The van der Waals surface area contributed by atoms with Gasteiger partial charge in [0.05, 0.1) is 10.9 Å². The highest BCUT2D eigenvalue weighted by Gasteiger charge is 2.45. The van der Waals surface area contributed by atoms with E-state index in [2.05, 4.69) is 40.2 Å². The number of amidine groups is 1. The lowest BCUT2D eigenvalue weighted by Gasteiger charge is -2.36. The second kappa shape index (κ2) is 27.3. The third kappa shape index (κ3) is 13.0. The molecule has 0 amide bonds. The number of piperazine rings is 2. The number of nitrogens with one attached hydrogen (secondary N) is 2. The number of anilines is 1. The molecule has 3 N–H and O–H groups in total. The summed E-state index contributed by atoms with van der Waals surface area (Å²) < 4.78 is 61.0. The molecular weight excluding hydrogens is 1150 g/mol. The molecule has 0 spiro atoms. The number of nitrogens with zero attached hydrogens (tertiary/aromatic N) is 9. The molecule has 7 aromatic rings. The number of aromatic nitrogens is 4. The number of likely N-dealkylation sites (tertiary alicyclic amines) is 2. The highest BCUT2D eigenvalue weighted by atomic mass is 35.5. The molecule has 4 bridgehead atoms. The van der Waals surface area contributed by atoms with Crippen molar-refractivity contribution in [1.82, 2.24) is 45.3 Å². The van der Waals surface area contributed by atoms with E-state index in [0.717, 1.165) is 106 Å². The lowest BCUT2D eigenvalue weighted by Crippen LogP contribution is -2.53. The average Bonchev–Trinajstić information content (AvgIpc) is 2.34. The van der Waals surface area contributed by atoms with Crippen molar-refractivity contribution >= 4 is 67.3 Å². The van der Waals surface area contributed by atoms with Crippen molar-refractivity contribution in [3.63, 3.8) is 0 Å². The molecular formula is C68H82Cl2F3N11O3. The number of ether oxygens (including phenoxy) is 2. The molecule has 7 fully saturated rings. The number of aliphatic hydroxyl groups excluding tert-OH is 1. The zero-order valence-corrected chi connectivity index (χ0v) is 52.5. The van der Waals surface area contributed by atoms with Gasteiger partial charge in [-0.05, 0) is 132 Å². The number of hydrogen-bond acceptors (Lipinski definition) is 13. The number of aliphatic hydroxyl groups is 1. The topological polar surface area (TPSA) is 140 Å². The third-order valence-electron chi connectivity index (χ3n) is 18.6. The smallest absolute Gasteiger partial charge is 0.319 e. The molecule has 0 radical (unpaired) electrons. The summed E-state index contributed by atoms with van der Waals surface area (Å²) in [5, 5.41) is 19.5. The molecule has 7 aliphatic rings. The summed E-state index contributed by atoms with van der Waals surface area (Å²) in [5.41, 5.74) is 1.74. The van der Waals surface area contributed by atoms with Crippen LogP contribution >= 0.6 is 23.2 Å². The lowest BCUT2D eigenvalue weighted by molar-refractivity contribution is 0.000586. The molecule has 87 heavy (non-hydrogen) atoms. The third-order valence-corrected chi connectivity index (χ3v) is 19.3. The number of benzene rings is 4. The maximum absolute atomic E-state index is 16.6. The summed E-state index contributed by atoms with van der Waals surface area (Å²) in [6.07, 6.45) is 15.9. The van der Waals surface area contributed by atoms with Gasteiger partial charge < -0.3 is 39.9 Å². The molecule has 7 aliphatic heterocycles. The highest BCUT2D eigenvalue weighted by Crippen LogP contribution is 2.42. The van der Waals surface area contributed by atoms with Crippen LogP contribution in [0.15, 0.2) is 102 Å². The maximum atomic E-state index is 16.6. The second-order valence-electron chi connectivity index (χ2n) is 24.2. The van der Waals surface area contributed by atoms with E-state index in [0.29, 0.717) is 118 Å². The fraction of sp³-hybridized carbons (Fsp3) is 0.485. The molecule has 14 rings (SSSR count). The van der Waals surface area contributed by atoms with Gasteiger partial charge in [-0.25, -0.2) is 13.2 Å². The monoisotopic (exact) mass is 1230 g/mol. The van der Waals surface area contributed by atoms with Crippen LogP contribution in [0.1, 0.15) is 103 Å². The molecule has 0 aliphatic carbocycles. The summed E-state index contributed by atoms with van der Waals surface area (Å²) in [4.78, 5) is 33.1. The lowest BCUT2D eigenvalue weighted by atomic mass is 9.95. The molecule has 3 aromatic heterocycles. The van der Waals surface area contributed by atoms with Gasteiger partial charge in [0.15, 0.2) is 11.6 Å². The van der Waals surface area contributed by atoms with Crippen molar-refractivity contribution in [2.75, 3.05) is 84.6 Å². The minimum atomic E-state index is -1.39. The van der Waals surface area contributed by atoms with Crippen LogP contribution in [0.2, 0.25) is 10.0 Å². The number of hydrogen-bond donors (Lipinski definition) is 3. The molecule has 4 unspecified atom stereocenters. The van der Waals surface area contributed by atoms with Crippen molar-refractivity contribution in [1.29, 1.82) is 0 Å². The minimum absolute atomic E-state index is 0.0499. The Balaban J connectivity index is 0.000000171. The Bertz CT molecular complexity index is 3620. The highest BCUT2D eigenvalue weighted by molar-refractivity contribution is 6.37. The zero-order valence-electron chi connectivity index (χ0n) is 51.0. The van der Waals surface area contributed by atoms with Crippen LogP contribution in [0.25, 0.3) is 55.0 Å². The van der Waals surface area contributed by atoms with Gasteiger partial charge in [0, 0.05) is 120 Å². The van der Waals surface area contributed by atoms with Gasteiger partial charge >= 0.3 is 6.01 Å². The van der Waals surface area contributed by atoms with E-state index in [1.165, 1.54) is 12.8 Å². The number of aliphatic imine (C=N–C) groups is 1. The Morgan fingerprint density at radius 2 is 1.26 bits per heavy atom. The van der Waals surface area contributed by atoms with Gasteiger partial charge in [0.2, 0.25) is 5.88 Å². The van der Waals surface area contributed by atoms with Gasteiger partial charge in [-0.3, -0.25) is 14.9 Å². The Morgan fingerprint density at radius 3 is 1.84 bits per heavy atom. The number of fused-ring (bicyclic) bond motifs is 8. The van der Waals surface area contributed by atoms with Crippen LogP contribution in [0.3, 0.4) is 0 Å². The molecule has 4 atom stereocenters. The largest absolute Gasteiger partial charge is 0.474 e. The summed E-state index contributed by atoms with van der Waals surface area (Å²) in [6.45, 7) is 15.0.